The first-order chi connectivity index (χ1) is 16.4. The average Bonchev–Trinajstić information content (AvgIpc) is 3.01. The second-order valence-electron chi connectivity index (χ2n) is 8.45. The first kappa shape index (κ1) is 23.8. The Morgan fingerprint density at radius 3 is 2.38 bits per heavy atom. The van der Waals surface area contributed by atoms with Gasteiger partial charge in [-0.1, -0.05) is 42.0 Å². The van der Waals surface area contributed by atoms with Crippen LogP contribution in [-0.4, -0.2) is 29.5 Å². The van der Waals surface area contributed by atoms with Crippen LogP contribution in [0.25, 0.3) is 0 Å². The smallest absolute Gasteiger partial charge is 0.230 e. The summed E-state index contributed by atoms with van der Waals surface area (Å²) in [6.07, 6.45) is 0.551. The summed E-state index contributed by atoms with van der Waals surface area (Å²) in [5, 5.41) is 3.88. The summed E-state index contributed by atoms with van der Waals surface area (Å²) in [5.74, 6) is 1.07. The topological polar surface area (TPSA) is 63.1 Å². The highest BCUT2D eigenvalue weighted by atomic mass is 32.2. The Labute approximate surface area is 205 Å². The van der Waals surface area contributed by atoms with Gasteiger partial charge in [0.1, 0.15) is 5.75 Å². The number of rotatable bonds is 6. The zero-order valence-electron chi connectivity index (χ0n) is 20.0. The molecular formula is C28H29N3O2S. The summed E-state index contributed by atoms with van der Waals surface area (Å²) in [4.78, 5) is 22.5. The van der Waals surface area contributed by atoms with Gasteiger partial charge in [-0.25, -0.2) is 4.99 Å². The molecule has 1 aliphatic rings. The molecule has 0 saturated carbocycles. The van der Waals surface area contributed by atoms with Crippen LogP contribution < -0.4 is 10.1 Å². The molecule has 5 nitrogen and oxygen atoms in total. The molecule has 0 atom stereocenters. The van der Waals surface area contributed by atoms with Crippen molar-refractivity contribution in [2.24, 2.45) is 9.98 Å². The van der Waals surface area contributed by atoms with E-state index >= 15 is 0 Å². The standard InChI is InChI=1S/C28H29N3O2S/c1-18-8-10-21(11-9-18)16-29-27(32)17-34-28-15-24(22-6-5-7-23(14-22)33-4)30-25-12-19(2)20(3)13-26(25)31-28/h5-14H,15-17H2,1-4H3,(H,29,32). The monoisotopic (exact) mass is 471 g/mol. The van der Waals surface area contributed by atoms with Gasteiger partial charge in [0.2, 0.25) is 5.91 Å². The Morgan fingerprint density at radius 1 is 0.971 bits per heavy atom. The van der Waals surface area contributed by atoms with Gasteiger partial charge in [0.15, 0.2) is 0 Å². The molecule has 0 fully saturated rings. The van der Waals surface area contributed by atoms with Gasteiger partial charge >= 0.3 is 0 Å². The maximum Gasteiger partial charge on any atom is 0.230 e. The van der Waals surface area contributed by atoms with Crippen molar-refractivity contribution in [3.05, 3.63) is 88.5 Å². The van der Waals surface area contributed by atoms with E-state index in [-0.39, 0.29) is 5.91 Å². The number of thioether (sulfide) groups is 1. The van der Waals surface area contributed by atoms with Gasteiger partial charge in [0.25, 0.3) is 0 Å². The Balaban J connectivity index is 1.53. The number of hydrogen-bond acceptors (Lipinski definition) is 5. The number of methoxy groups -OCH3 is 1. The van der Waals surface area contributed by atoms with Crippen LogP contribution in [0.4, 0.5) is 11.4 Å². The molecule has 0 aliphatic carbocycles. The van der Waals surface area contributed by atoms with Crippen LogP contribution in [-0.2, 0) is 11.3 Å². The third-order valence-electron chi connectivity index (χ3n) is 5.79. The predicted octanol–water partition coefficient (Wildman–Crippen LogP) is 6.22. The number of hydrogen-bond donors (Lipinski definition) is 1. The number of aryl methyl sites for hydroxylation is 3. The summed E-state index contributed by atoms with van der Waals surface area (Å²) in [6, 6.07) is 20.2. The molecule has 1 amide bonds. The van der Waals surface area contributed by atoms with Gasteiger partial charge in [0.05, 0.1) is 35.0 Å². The predicted molar refractivity (Wildman–Crippen MR) is 142 cm³/mol. The quantitative estimate of drug-likeness (QED) is 0.464. The molecule has 0 bridgehead atoms. The van der Waals surface area contributed by atoms with E-state index in [1.807, 2.05) is 36.4 Å². The molecule has 0 radical (unpaired) electrons. The SMILES string of the molecule is COc1cccc(C2=Nc3cc(C)c(C)cc3N=C(SCC(=O)NCc3ccc(C)cc3)C2)c1. The normalized spacial score (nSPS) is 12.8. The van der Waals surface area contributed by atoms with E-state index in [0.717, 1.165) is 39.0 Å². The zero-order chi connectivity index (χ0) is 24.1. The summed E-state index contributed by atoms with van der Waals surface area (Å²) in [7, 11) is 1.66. The highest BCUT2D eigenvalue weighted by Gasteiger charge is 2.18. The van der Waals surface area contributed by atoms with E-state index in [2.05, 4.69) is 50.4 Å². The largest absolute Gasteiger partial charge is 0.497 e. The van der Waals surface area contributed by atoms with E-state index in [1.165, 1.54) is 28.5 Å². The van der Waals surface area contributed by atoms with Crippen LogP contribution in [0.3, 0.4) is 0 Å². The second-order valence-corrected chi connectivity index (χ2v) is 9.50. The Morgan fingerprint density at radius 2 is 1.68 bits per heavy atom. The summed E-state index contributed by atoms with van der Waals surface area (Å²) in [5.41, 5.74) is 8.22. The zero-order valence-corrected chi connectivity index (χ0v) is 20.8. The van der Waals surface area contributed by atoms with Crippen molar-refractivity contribution < 1.29 is 9.53 Å². The first-order valence-electron chi connectivity index (χ1n) is 11.3. The molecule has 3 aromatic carbocycles. The number of benzene rings is 3. The fourth-order valence-electron chi connectivity index (χ4n) is 3.63. The van der Waals surface area contributed by atoms with Crippen molar-refractivity contribution in [3.8, 4) is 5.75 Å². The third kappa shape index (κ3) is 5.94. The molecule has 1 N–H and O–H groups in total. The molecule has 3 aromatic rings. The number of fused-ring (bicyclic) bond motifs is 1. The first-order valence-corrected chi connectivity index (χ1v) is 12.3. The Hall–Kier alpha value is -3.38. The number of aliphatic imine (C=N–C) groups is 2. The van der Waals surface area contributed by atoms with Gasteiger partial charge in [0, 0.05) is 18.5 Å². The number of nitrogens with zero attached hydrogens (tertiary/aromatic N) is 2. The van der Waals surface area contributed by atoms with Crippen molar-refractivity contribution in [1.82, 2.24) is 5.32 Å². The van der Waals surface area contributed by atoms with E-state index in [1.54, 1.807) is 7.11 Å². The van der Waals surface area contributed by atoms with Crippen LogP contribution in [0.1, 0.15) is 34.2 Å². The minimum Gasteiger partial charge on any atom is -0.497 e. The molecule has 6 heteroatoms. The molecule has 0 spiro atoms. The van der Waals surface area contributed by atoms with Gasteiger partial charge < -0.3 is 10.1 Å². The van der Waals surface area contributed by atoms with Crippen LogP contribution in [0, 0.1) is 20.8 Å². The third-order valence-corrected chi connectivity index (χ3v) is 6.77. The molecule has 0 saturated heterocycles. The molecule has 1 aliphatic heterocycles. The van der Waals surface area contributed by atoms with Crippen LogP contribution in [0.15, 0.2) is 70.6 Å². The van der Waals surface area contributed by atoms with Crippen molar-refractivity contribution in [3.63, 3.8) is 0 Å². The fourth-order valence-corrected chi connectivity index (χ4v) is 4.43. The van der Waals surface area contributed by atoms with Crippen molar-refractivity contribution in [1.29, 1.82) is 0 Å². The van der Waals surface area contributed by atoms with E-state index < -0.39 is 0 Å². The molecule has 1 heterocycles. The summed E-state index contributed by atoms with van der Waals surface area (Å²) < 4.78 is 5.41. The summed E-state index contributed by atoms with van der Waals surface area (Å²) >= 11 is 1.46. The number of carbonyl (C=O) groups excluding carboxylic acids is 1. The Kier molecular flexibility index (Phi) is 7.48. The molecule has 174 valence electrons. The van der Waals surface area contributed by atoms with Crippen LogP contribution >= 0.6 is 11.8 Å². The summed E-state index contributed by atoms with van der Waals surface area (Å²) in [6.45, 7) is 6.73. The average molecular weight is 472 g/mol. The molecule has 0 unspecified atom stereocenters. The van der Waals surface area contributed by atoms with Crippen LogP contribution in [0.5, 0.6) is 5.75 Å². The minimum atomic E-state index is -0.0160. The molecule has 34 heavy (non-hydrogen) atoms. The highest BCUT2D eigenvalue weighted by molar-refractivity contribution is 8.14. The molecular weight excluding hydrogens is 442 g/mol. The fraction of sp³-hybridized carbons (Fsp3) is 0.250. The number of carbonyl (C=O) groups is 1. The van der Waals surface area contributed by atoms with E-state index in [9.17, 15) is 4.79 Å². The van der Waals surface area contributed by atoms with Gasteiger partial charge in [-0.05, 0) is 61.7 Å². The van der Waals surface area contributed by atoms with Gasteiger partial charge in [-0.2, -0.15) is 0 Å². The van der Waals surface area contributed by atoms with Gasteiger partial charge in [-0.15, -0.1) is 11.8 Å². The number of amides is 1. The number of nitrogens with one attached hydrogen (secondary N) is 1. The lowest BCUT2D eigenvalue weighted by atomic mass is 10.1. The maximum absolute atomic E-state index is 12.6. The van der Waals surface area contributed by atoms with E-state index in [0.29, 0.717) is 18.7 Å². The van der Waals surface area contributed by atoms with Crippen molar-refractivity contribution in [2.45, 2.75) is 33.7 Å². The molecule has 0 aromatic heterocycles. The maximum atomic E-state index is 12.6. The minimum absolute atomic E-state index is 0.0160. The highest BCUT2D eigenvalue weighted by Crippen LogP contribution is 2.36. The molecule has 4 rings (SSSR count). The lowest BCUT2D eigenvalue weighted by molar-refractivity contribution is -0.118. The Bertz CT molecular complexity index is 1260. The lowest BCUT2D eigenvalue weighted by Crippen LogP contribution is -2.25. The second kappa shape index (κ2) is 10.7. The van der Waals surface area contributed by atoms with Crippen molar-refractivity contribution >= 4 is 39.8 Å². The van der Waals surface area contributed by atoms with Crippen molar-refractivity contribution in [2.75, 3.05) is 12.9 Å². The number of ether oxygens (including phenoxy) is 1. The van der Waals surface area contributed by atoms with E-state index in [4.69, 9.17) is 14.7 Å². The van der Waals surface area contributed by atoms with Crippen LogP contribution in [0.2, 0.25) is 0 Å². The lowest BCUT2D eigenvalue weighted by Gasteiger charge is -2.09. The van der Waals surface area contributed by atoms with Gasteiger partial charge in [-0.3, -0.25) is 9.79 Å².